The van der Waals surface area contributed by atoms with Crippen LogP contribution in [0.25, 0.3) is 22.2 Å². The van der Waals surface area contributed by atoms with Crippen LogP contribution in [0.15, 0.2) is 83.4 Å². The Morgan fingerprint density at radius 3 is 2.65 bits per heavy atom. The molecule has 1 N–H and O–H groups in total. The number of para-hydroxylation sites is 1. The van der Waals surface area contributed by atoms with Crippen LogP contribution >= 0.6 is 0 Å². The number of furan rings is 1. The van der Waals surface area contributed by atoms with E-state index >= 15 is 0 Å². The van der Waals surface area contributed by atoms with Crippen molar-refractivity contribution in [2.45, 2.75) is 12.8 Å². The van der Waals surface area contributed by atoms with E-state index in [4.69, 9.17) is 4.42 Å². The molecule has 0 saturated heterocycles. The van der Waals surface area contributed by atoms with Gasteiger partial charge < -0.3 is 9.73 Å². The molecule has 2 aromatic heterocycles. The van der Waals surface area contributed by atoms with E-state index in [1.54, 1.807) is 6.20 Å². The Kier molecular flexibility index (Phi) is 4.48. The maximum Gasteiger partial charge on any atom is 0.224 e. The van der Waals surface area contributed by atoms with E-state index in [1.807, 2.05) is 72.8 Å². The second kappa shape index (κ2) is 7.23. The van der Waals surface area contributed by atoms with Crippen LogP contribution in [0.1, 0.15) is 12.2 Å². The summed E-state index contributed by atoms with van der Waals surface area (Å²) in [6.07, 6.45) is 2.59. The highest BCUT2D eigenvalue weighted by Gasteiger charge is 2.08. The van der Waals surface area contributed by atoms with Crippen molar-refractivity contribution in [3.63, 3.8) is 0 Å². The van der Waals surface area contributed by atoms with Gasteiger partial charge in [0.2, 0.25) is 5.91 Å². The summed E-state index contributed by atoms with van der Waals surface area (Å²) in [6, 6.07) is 23.5. The van der Waals surface area contributed by atoms with Gasteiger partial charge in [0, 0.05) is 23.8 Å². The molecule has 128 valence electrons. The molecule has 4 heteroatoms. The minimum absolute atomic E-state index is 0.0558. The first-order chi connectivity index (χ1) is 12.8. The minimum Gasteiger partial charge on any atom is -0.461 e. The topological polar surface area (TPSA) is 55.1 Å². The molecule has 0 saturated carbocycles. The van der Waals surface area contributed by atoms with Crippen LogP contribution in [-0.2, 0) is 11.2 Å². The number of pyridine rings is 1. The highest BCUT2D eigenvalue weighted by molar-refractivity contribution is 5.93. The van der Waals surface area contributed by atoms with Crippen LogP contribution in [-0.4, -0.2) is 10.9 Å². The van der Waals surface area contributed by atoms with Gasteiger partial charge in [-0.1, -0.05) is 48.5 Å². The number of anilines is 1. The highest BCUT2D eigenvalue weighted by atomic mass is 16.3. The number of carbonyl (C=O) groups excluding carboxylic acids is 1. The molecule has 0 aliphatic carbocycles. The third kappa shape index (κ3) is 3.64. The third-order valence-electron chi connectivity index (χ3n) is 4.19. The van der Waals surface area contributed by atoms with Crippen molar-refractivity contribution in [2.24, 2.45) is 0 Å². The zero-order valence-electron chi connectivity index (χ0n) is 14.2. The van der Waals surface area contributed by atoms with Gasteiger partial charge in [-0.2, -0.15) is 0 Å². The average Bonchev–Trinajstić information content (AvgIpc) is 3.16. The molecular formula is C22H18N2O2. The molecule has 0 fully saturated rings. The number of amides is 1. The summed E-state index contributed by atoms with van der Waals surface area (Å²) >= 11 is 0. The summed E-state index contributed by atoms with van der Waals surface area (Å²) in [5.74, 6) is 1.56. The van der Waals surface area contributed by atoms with Crippen molar-refractivity contribution in [1.82, 2.24) is 4.98 Å². The molecule has 1 amide bonds. The van der Waals surface area contributed by atoms with Crippen LogP contribution in [0.3, 0.4) is 0 Å². The summed E-state index contributed by atoms with van der Waals surface area (Å²) < 4.78 is 5.84. The van der Waals surface area contributed by atoms with Gasteiger partial charge in [0.05, 0.1) is 17.4 Å². The van der Waals surface area contributed by atoms with Gasteiger partial charge in [0.1, 0.15) is 11.5 Å². The van der Waals surface area contributed by atoms with Crippen molar-refractivity contribution in [3.05, 3.63) is 84.8 Å². The van der Waals surface area contributed by atoms with E-state index in [0.29, 0.717) is 18.5 Å². The smallest absolute Gasteiger partial charge is 0.224 e. The lowest BCUT2D eigenvalue weighted by molar-refractivity contribution is -0.116. The molecule has 0 spiro atoms. The zero-order valence-corrected chi connectivity index (χ0v) is 14.2. The molecule has 4 aromatic rings. The molecular weight excluding hydrogens is 324 g/mol. The Balaban J connectivity index is 1.37. The van der Waals surface area contributed by atoms with Crippen molar-refractivity contribution in [3.8, 4) is 11.3 Å². The van der Waals surface area contributed by atoms with Crippen molar-refractivity contribution in [1.29, 1.82) is 0 Å². The SMILES string of the molecule is O=C(CCc1ccc(-c2ccccc2)o1)Nc1cnc2ccccc2c1. The van der Waals surface area contributed by atoms with Crippen LogP contribution in [0.5, 0.6) is 0 Å². The molecule has 2 aromatic carbocycles. The Bertz CT molecular complexity index is 1040. The monoisotopic (exact) mass is 342 g/mol. The lowest BCUT2D eigenvalue weighted by Crippen LogP contribution is -2.12. The van der Waals surface area contributed by atoms with Gasteiger partial charge >= 0.3 is 0 Å². The number of carbonyl (C=O) groups is 1. The molecule has 4 rings (SSSR count). The minimum atomic E-state index is -0.0558. The lowest BCUT2D eigenvalue weighted by atomic mass is 10.2. The van der Waals surface area contributed by atoms with Gasteiger partial charge in [0.25, 0.3) is 0 Å². The first-order valence-electron chi connectivity index (χ1n) is 8.57. The molecule has 0 radical (unpaired) electrons. The molecule has 2 heterocycles. The maximum absolute atomic E-state index is 12.2. The number of hydrogen-bond acceptors (Lipinski definition) is 3. The number of aromatic nitrogens is 1. The molecule has 0 atom stereocenters. The molecule has 0 aliphatic heterocycles. The number of nitrogens with one attached hydrogen (secondary N) is 1. The summed E-state index contributed by atoms with van der Waals surface area (Å²) in [5, 5.41) is 3.90. The van der Waals surface area contributed by atoms with E-state index < -0.39 is 0 Å². The van der Waals surface area contributed by atoms with E-state index in [1.165, 1.54) is 0 Å². The van der Waals surface area contributed by atoms with Crippen LogP contribution in [0.2, 0.25) is 0 Å². The van der Waals surface area contributed by atoms with Crippen molar-refractivity contribution in [2.75, 3.05) is 5.32 Å². The van der Waals surface area contributed by atoms with Crippen molar-refractivity contribution < 1.29 is 9.21 Å². The summed E-state index contributed by atoms with van der Waals surface area (Å²) in [7, 11) is 0. The lowest BCUT2D eigenvalue weighted by Gasteiger charge is -2.05. The quantitative estimate of drug-likeness (QED) is 0.551. The third-order valence-corrected chi connectivity index (χ3v) is 4.19. The fourth-order valence-electron chi connectivity index (χ4n) is 2.87. The van der Waals surface area contributed by atoms with Gasteiger partial charge in [-0.25, -0.2) is 0 Å². The number of hydrogen-bond donors (Lipinski definition) is 1. The second-order valence-corrected chi connectivity index (χ2v) is 6.10. The van der Waals surface area contributed by atoms with Gasteiger partial charge in [-0.15, -0.1) is 0 Å². The number of nitrogens with zero attached hydrogens (tertiary/aromatic N) is 1. The highest BCUT2D eigenvalue weighted by Crippen LogP contribution is 2.22. The molecule has 0 unspecified atom stereocenters. The van der Waals surface area contributed by atoms with Crippen LogP contribution < -0.4 is 5.32 Å². The number of rotatable bonds is 5. The number of aryl methyl sites for hydroxylation is 1. The first kappa shape index (κ1) is 16.1. The van der Waals surface area contributed by atoms with E-state index in [-0.39, 0.29) is 5.91 Å². The van der Waals surface area contributed by atoms with Gasteiger partial charge in [-0.3, -0.25) is 9.78 Å². The van der Waals surface area contributed by atoms with Gasteiger partial charge in [-0.05, 0) is 24.3 Å². The Labute approximate surface area is 151 Å². The summed E-state index contributed by atoms with van der Waals surface area (Å²) in [4.78, 5) is 16.6. The normalized spacial score (nSPS) is 10.8. The molecule has 0 aliphatic rings. The number of benzene rings is 2. The fourth-order valence-corrected chi connectivity index (χ4v) is 2.87. The maximum atomic E-state index is 12.2. The molecule has 4 nitrogen and oxygen atoms in total. The average molecular weight is 342 g/mol. The van der Waals surface area contributed by atoms with E-state index in [0.717, 1.165) is 28.0 Å². The number of fused-ring (bicyclic) bond motifs is 1. The van der Waals surface area contributed by atoms with Crippen molar-refractivity contribution >= 4 is 22.5 Å². The second-order valence-electron chi connectivity index (χ2n) is 6.10. The molecule has 26 heavy (non-hydrogen) atoms. The van der Waals surface area contributed by atoms with E-state index in [2.05, 4.69) is 10.3 Å². The zero-order chi connectivity index (χ0) is 17.8. The van der Waals surface area contributed by atoms with Crippen LogP contribution in [0, 0.1) is 0 Å². The predicted molar refractivity (Wildman–Crippen MR) is 103 cm³/mol. The Morgan fingerprint density at radius 1 is 0.962 bits per heavy atom. The predicted octanol–water partition coefficient (Wildman–Crippen LogP) is 5.07. The van der Waals surface area contributed by atoms with E-state index in [9.17, 15) is 4.79 Å². The molecule has 0 bridgehead atoms. The Hall–Kier alpha value is -3.40. The first-order valence-corrected chi connectivity index (χ1v) is 8.57. The largest absolute Gasteiger partial charge is 0.461 e. The Morgan fingerprint density at radius 2 is 1.77 bits per heavy atom. The summed E-state index contributed by atoms with van der Waals surface area (Å²) in [6.45, 7) is 0. The summed E-state index contributed by atoms with van der Waals surface area (Å²) in [5.41, 5.74) is 2.65. The van der Waals surface area contributed by atoms with Gasteiger partial charge in [0.15, 0.2) is 0 Å². The standard InChI is InChI=1S/C22H18N2O2/c25-22(24-18-14-17-8-4-5-9-20(17)23-15-18)13-11-19-10-12-21(26-19)16-6-2-1-3-7-16/h1-10,12,14-15H,11,13H2,(H,24,25). The van der Waals surface area contributed by atoms with Crippen LogP contribution in [0.4, 0.5) is 5.69 Å². The fraction of sp³-hybridized carbons (Fsp3) is 0.0909.